The molecular formula is C15H25N3O2. The normalized spacial score (nSPS) is 20.3. The summed E-state index contributed by atoms with van der Waals surface area (Å²) in [7, 11) is 1.92. The lowest BCUT2D eigenvalue weighted by Gasteiger charge is -2.27. The van der Waals surface area contributed by atoms with Gasteiger partial charge in [0, 0.05) is 19.8 Å². The van der Waals surface area contributed by atoms with Crippen LogP contribution < -0.4 is 0 Å². The van der Waals surface area contributed by atoms with Crippen LogP contribution in [0.15, 0.2) is 12.4 Å². The lowest BCUT2D eigenvalue weighted by molar-refractivity contribution is -0.160. The third-order valence-corrected chi connectivity index (χ3v) is 3.49. The Balaban J connectivity index is 1.88. The standard InChI is InChI=1S/C15H25N3O2/c1-15(2,3)20-14(19)13-6-5-8-18(13)9-7-12-10-16-17(4)11-12/h10-11,13H,5-9H2,1-4H3/t13-/m1/s1. The van der Waals surface area contributed by atoms with Gasteiger partial charge >= 0.3 is 5.97 Å². The molecule has 1 saturated heterocycles. The molecule has 1 aromatic rings. The van der Waals surface area contributed by atoms with Crippen molar-refractivity contribution < 1.29 is 9.53 Å². The maximum Gasteiger partial charge on any atom is 0.323 e. The molecule has 0 aromatic carbocycles. The van der Waals surface area contributed by atoms with E-state index in [1.54, 1.807) is 0 Å². The summed E-state index contributed by atoms with van der Waals surface area (Å²) in [5.41, 5.74) is 0.802. The third-order valence-electron chi connectivity index (χ3n) is 3.49. The number of carbonyl (C=O) groups is 1. The van der Waals surface area contributed by atoms with Gasteiger partial charge in [-0.25, -0.2) is 0 Å². The molecule has 0 radical (unpaired) electrons. The Bertz CT molecular complexity index is 462. The van der Waals surface area contributed by atoms with Crippen LogP contribution in [-0.2, 0) is 23.0 Å². The molecule has 2 heterocycles. The molecule has 5 heteroatoms. The number of hydrogen-bond donors (Lipinski definition) is 0. The van der Waals surface area contributed by atoms with E-state index in [-0.39, 0.29) is 12.0 Å². The fourth-order valence-electron chi connectivity index (χ4n) is 2.60. The zero-order valence-corrected chi connectivity index (χ0v) is 12.9. The number of hydrogen-bond acceptors (Lipinski definition) is 4. The first kappa shape index (κ1) is 15.0. The molecule has 1 atom stereocenters. The Morgan fingerprint density at radius 1 is 1.50 bits per heavy atom. The van der Waals surface area contributed by atoms with E-state index in [1.165, 1.54) is 5.56 Å². The summed E-state index contributed by atoms with van der Waals surface area (Å²) >= 11 is 0. The molecule has 1 aromatic heterocycles. The summed E-state index contributed by atoms with van der Waals surface area (Å²) in [6.07, 6.45) is 6.81. The van der Waals surface area contributed by atoms with Crippen LogP contribution >= 0.6 is 0 Å². The molecule has 1 aliphatic rings. The number of aromatic nitrogens is 2. The molecule has 0 saturated carbocycles. The van der Waals surface area contributed by atoms with Crippen molar-refractivity contribution in [3.05, 3.63) is 18.0 Å². The van der Waals surface area contributed by atoms with E-state index < -0.39 is 5.60 Å². The highest BCUT2D eigenvalue weighted by Crippen LogP contribution is 2.21. The van der Waals surface area contributed by atoms with Gasteiger partial charge in [0.15, 0.2) is 0 Å². The highest BCUT2D eigenvalue weighted by molar-refractivity contribution is 5.76. The minimum atomic E-state index is -0.408. The van der Waals surface area contributed by atoms with Crippen LogP contribution in [0.1, 0.15) is 39.2 Å². The van der Waals surface area contributed by atoms with Crippen molar-refractivity contribution in [1.29, 1.82) is 0 Å². The number of aryl methyl sites for hydroxylation is 1. The maximum atomic E-state index is 12.2. The lowest BCUT2D eigenvalue weighted by Crippen LogP contribution is -2.41. The molecule has 2 rings (SSSR count). The predicted octanol–water partition coefficient (Wildman–Crippen LogP) is 1.77. The largest absolute Gasteiger partial charge is 0.459 e. The topological polar surface area (TPSA) is 47.4 Å². The van der Waals surface area contributed by atoms with Crippen LogP contribution in [0.25, 0.3) is 0 Å². The van der Waals surface area contributed by atoms with E-state index in [2.05, 4.69) is 10.00 Å². The SMILES string of the molecule is Cn1cc(CCN2CCC[C@@H]2C(=O)OC(C)(C)C)cn1. The second-order valence-corrected chi connectivity index (χ2v) is 6.50. The summed E-state index contributed by atoms with van der Waals surface area (Å²) in [5.74, 6) is -0.0822. The van der Waals surface area contributed by atoms with Crippen LogP contribution in [0.4, 0.5) is 0 Å². The van der Waals surface area contributed by atoms with Crippen molar-refractivity contribution in [3.63, 3.8) is 0 Å². The average molecular weight is 279 g/mol. The van der Waals surface area contributed by atoms with Gasteiger partial charge in [0.1, 0.15) is 11.6 Å². The Labute approximate surface area is 120 Å². The van der Waals surface area contributed by atoms with Gasteiger partial charge in [-0.05, 0) is 52.1 Å². The van der Waals surface area contributed by atoms with Crippen molar-refractivity contribution in [3.8, 4) is 0 Å². The van der Waals surface area contributed by atoms with Crippen molar-refractivity contribution in [2.24, 2.45) is 7.05 Å². The molecule has 5 nitrogen and oxygen atoms in total. The van der Waals surface area contributed by atoms with E-state index in [9.17, 15) is 4.79 Å². The molecule has 20 heavy (non-hydrogen) atoms. The maximum absolute atomic E-state index is 12.2. The summed E-state index contributed by atoms with van der Waals surface area (Å²) in [5, 5.41) is 4.17. The number of nitrogens with zero attached hydrogens (tertiary/aromatic N) is 3. The van der Waals surface area contributed by atoms with Crippen LogP contribution in [-0.4, -0.2) is 45.4 Å². The highest BCUT2D eigenvalue weighted by Gasteiger charge is 2.33. The molecular weight excluding hydrogens is 254 g/mol. The molecule has 112 valence electrons. The summed E-state index contributed by atoms with van der Waals surface area (Å²) in [4.78, 5) is 14.4. The van der Waals surface area contributed by atoms with Gasteiger partial charge < -0.3 is 4.74 Å². The Hall–Kier alpha value is -1.36. The van der Waals surface area contributed by atoms with E-state index in [1.807, 2.05) is 44.9 Å². The van der Waals surface area contributed by atoms with Gasteiger partial charge in [-0.15, -0.1) is 0 Å². The summed E-state index contributed by atoms with van der Waals surface area (Å²) < 4.78 is 7.32. The molecule has 0 unspecified atom stereocenters. The first-order valence-corrected chi connectivity index (χ1v) is 7.29. The molecule has 0 bridgehead atoms. The van der Waals surface area contributed by atoms with Crippen molar-refractivity contribution in [1.82, 2.24) is 14.7 Å². The predicted molar refractivity (Wildman–Crippen MR) is 77.4 cm³/mol. The zero-order valence-electron chi connectivity index (χ0n) is 12.9. The number of likely N-dealkylation sites (tertiary alicyclic amines) is 1. The quantitative estimate of drug-likeness (QED) is 0.788. The van der Waals surface area contributed by atoms with E-state index in [4.69, 9.17) is 4.74 Å². The van der Waals surface area contributed by atoms with Crippen LogP contribution in [0.3, 0.4) is 0 Å². The number of ether oxygens (including phenoxy) is 1. The van der Waals surface area contributed by atoms with E-state index in [0.717, 1.165) is 32.4 Å². The number of esters is 1. The summed E-state index contributed by atoms with van der Waals surface area (Å²) in [6.45, 7) is 7.61. The van der Waals surface area contributed by atoms with Crippen molar-refractivity contribution >= 4 is 5.97 Å². The molecule has 1 fully saturated rings. The van der Waals surface area contributed by atoms with Crippen LogP contribution in [0.2, 0.25) is 0 Å². The second-order valence-electron chi connectivity index (χ2n) is 6.50. The second kappa shape index (κ2) is 5.95. The zero-order chi connectivity index (χ0) is 14.8. The van der Waals surface area contributed by atoms with Crippen LogP contribution in [0.5, 0.6) is 0 Å². The van der Waals surface area contributed by atoms with Crippen LogP contribution in [0, 0.1) is 0 Å². The van der Waals surface area contributed by atoms with Gasteiger partial charge in [-0.3, -0.25) is 14.4 Å². The Morgan fingerprint density at radius 2 is 2.25 bits per heavy atom. The molecule has 0 spiro atoms. The smallest absolute Gasteiger partial charge is 0.323 e. The third kappa shape index (κ3) is 4.07. The minimum absolute atomic E-state index is 0.0779. The van der Waals surface area contributed by atoms with Crippen molar-refractivity contribution in [2.45, 2.75) is 51.7 Å². The van der Waals surface area contributed by atoms with Gasteiger partial charge in [0.2, 0.25) is 0 Å². The monoisotopic (exact) mass is 279 g/mol. The van der Waals surface area contributed by atoms with Gasteiger partial charge in [-0.1, -0.05) is 0 Å². The van der Waals surface area contributed by atoms with Gasteiger partial charge in [0.25, 0.3) is 0 Å². The van der Waals surface area contributed by atoms with Gasteiger partial charge in [-0.2, -0.15) is 5.10 Å². The minimum Gasteiger partial charge on any atom is -0.459 e. The molecule has 1 aliphatic heterocycles. The van der Waals surface area contributed by atoms with Crippen molar-refractivity contribution in [2.75, 3.05) is 13.1 Å². The van der Waals surface area contributed by atoms with E-state index in [0.29, 0.717) is 0 Å². The van der Waals surface area contributed by atoms with E-state index >= 15 is 0 Å². The molecule has 0 aliphatic carbocycles. The fourth-order valence-corrected chi connectivity index (χ4v) is 2.60. The summed E-state index contributed by atoms with van der Waals surface area (Å²) in [6, 6.07) is -0.0779. The first-order valence-electron chi connectivity index (χ1n) is 7.29. The molecule has 0 amide bonds. The number of carbonyl (C=O) groups excluding carboxylic acids is 1. The number of rotatable bonds is 4. The first-order chi connectivity index (χ1) is 9.35. The fraction of sp³-hybridized carbons (Fsp3) is 0.733. The highest BCUT2D eigenvalue weighted by atomic mass is 16.6. The average Bonchev–Trinajstić information content (AvgIpc) is 2.92. The lowest BCUT2D eigenvalue weighted by atomic mass is 10.1. The Kier molecular flexibility index (Phi) is 4.48. The molecule has 0 N–H and O–H groups in total. The Morgan fingerprint density at radius 3 is 2.85 bits per heavy atom. The van der Waals surface area contributed by atoms with Gasteiger partial charge in [0.05, 0.1) is 6.20 Å².